The van der Waals surface area contributed by atoms with Crippen LogP contribution in [0.5, 0.6) is 5.88 Å². The highest BCUT2D eigenvalue weighted by atomic mass is 16.5. The maximum absolute atomic E-state index is 12.1. The van der Waals surface area contributed by atoms with Gasteiger partial charge in [-0.3, -0.25) is 4.79 Å². The first kappa shape index (κ1) is 18.6. The van der Waals surface area contributed by atoms with E-state index < -0.39 is 0 Å². The van der Waals surface area contributed by atoms with Gasteiger partial charge >= 0.3 is 0 Å². The van der Waals surface area contributed by atoms with E-state index in [1.807, 2.05) is 56.3 Å². The first-order chi connectivity index (χ1) is 14.1. The van der Waals surface area contributed by atoms with Crippen molar-refractivity contribution in [3.63, 3.8) is 0 Å². The third kappa shape index (κ3) is 4.24. The largest absolute Gasteiger partial charge is 0.467 e. The number of benzene rings is 2. The molecule has 0 unspecified atom stereocenters. The molecule has 0 aliphatic heterocycles. The Morgan fingerprint density at radius 1 is 1.07 bits per heavy atom. The Morgan fingerprint density at radius 2 is 1.83 bits per heavy atom. The van der Waals surface area contributed by atoms with Crippen LogP contribution in [0.2, 0.25) is 0 Å². The molecule has 2 heterocycles. The number of aryl methyl sites for hydroxylation is 2. The van der Waals surface area contributed by atoms with Gasteiger partial charge in [-0.15, -0.1) is 0 Å². The van der Waals surface area contributed by atoms with Crippen LogP contribution >= 0.6 is 0 Å². The zero-order chi connectivity index (χ0) is 20.2. The van der Waals surface area contributed by atoms with Gasteiger partial charge in [0, 0.05) is 6.54 Å². The van der Waals surface area contributed by atoms with Crippen LogP contribution in [0.25, 0.3) is 16.7 Å². The minimum Gasteiger partial charge on any atom is -0.467 e. The summed E-state index contributed by atoms with van der Waals surface area (Å²) in [7, 11) is 0. The second kappa shape index (κ2) is 8.10. The highest BCUT2D eigenvalue weighted by Gasteiger charge is 2.14. The lowest BCUT2D eigenvalue weighted by Crippen LogP contribution is -2.28. The van der Waals surface area contributed by atoms with Gasteiger partial charge in [-0.25, -0.2) is 14.6 Å². The summed E-state index contributed by atoms with van der Waals surface area (Å²) in [5, 5.41) is 7.93. The summed E-state index contributed by atoms with van der Waals surface area (Å²) in [5.74, 6) is 0.114. The first-order valence-corrected chi connectivity index (χ1v) is 9.31. The molecule has 4 rings (SSSR count). The molecule has 0 saturated heterocycles. The molecule has 0 aliphatic rings. The minimum atomic E-state index is -0.220. The van der Waals surface area contributed by atoms with Crippen molar-refractivity contribution in [3.05, 3.63) is 77.7 Å². The van der Waals surface area contributed by atoms with Gasteiger partial charge in [-0.1, -0.05) is 36.4 Å². The fourth-order valence-corrected chi connectivity index (χ4v) is 3.18. The first-order valence-electron chi connectivity index (χ1n) is 9.31. The maximum atomic E-state index is 12.1. The van der Waals surface area contributed by atoms with E-state index in [0.29, 0.717) is 23.5 Å². The summed E-state index contributed by atoms with van der Waals surface area (Å²) >= 11 is 0. The van der Waals surface area contributed by atoms with E-state index in [1.54, 1.807) is 10.9 Å². The van der Waals surface area contributed by atoms with Crippen LogP contribution in [0, 0.1) is 13.8 Å². The molecule has 0 radical (unpaired) electrons. The molecule has 0 aliphatic carbocycles. The smallest absolute Gasteiger partial charge is 0.258 e. The Kier molecular flexibility index (Phi) is 5.20. The van der Waals surface area contributed by atoms with Crippen molar-refractivity contribution >= 4 is 16.9 Å². The molecule has 4 aromatic rings. The van der Waals surface area contributed by atoms with Crippen LogP contribution in [0.1, 0.15) is 16.7 Å². The highest BCUT2D eigenvalue weighted by molar-refractivity contribution is 5.82. The van der Waals surface area contributed by atoms with Gasteiger partial charge in [0.2, 0.25) is 5.88 Å². The lowest BCUT2D eigenvalue weighted by Gasteiger charge is -2.08. The maximum Gasteiger partial charge on any atom is 0.258 e. The quantitative estimate of drug-likeness (QED) is 0.550. The fourth-order valence-electron chi connectivity index (χ4n) is 3.18. The van der Waals surface area contributed by atoms with Gasteiger partial charge in [-0.2, -0.15) is 5.10 Å². The Balaban J connectivity index is 1.49. The fraction of sp³-hybridized carbons (Fsp3) is 0.182. The predicted octanol–water partition coefficient (Wildman–Crippen LogP) is 3.13. The number of carbonyl (C=O) groups is 1. The lowest BCUT2D eigenvalue weighted by atomic mass is 10.1. The van der Waals surface area contributed by atoms with Gasteiger partial charge < -0.3 is 10.1 Å². The Bertz CT molecular complexity index is 1130. The summed E-state index contributed by atoms with van der Waals surface area (Å²) in [6, 6.07) is 15.9. The molecular formula is C22H21N5O2. The number of hydrogen-bond donors (Lipinski definition) is 1. The van der Waals surface area contributed by atoms with E-state index in [2.05, 4.69) is 26.4 Å². The number of nitrogens with zero attached hydrogens (tertiary/aromatic N) is 4. The third-order valence-corrected chi connectivity index (χ3v) is 4.45. The number of aromatic nitrogens is 4. The average Bonchev–Trinajstić information content (AvgIpc) is 3.15. The van der Waals surface area contributed by atoms with Gasteiger partial charge in [0.1, 0.15) is 11.7 Å². The van der Waals surface area contributed by atoms with Crippen molar-refractivity contribution in [2.24, 2.45) is 0 Å². The molecule has 29 heavy (non-hydrogen) atoms. The number of nitrogens with one attached hydrogen (secondary N) is 1. The van der Waals surface area contributed by atoms with Gasteiger partial charge in [0.25, 0.3) is 5.91 Å². The van der Waals surface area contributed by atoms with Crippen LogP contribution in [-0.4, -0.2) is 32.3 Å². The van der Waals surface area contributed by atoms with Crippen molar-refractivity contribution in [1.82, 2.24) is 25.1 Å². The van der Waals surface area contributed by atoms with Crippen LogP contribution in [0.3, 0.4) is 0 Å². The Labute approximate surface area is 168 Å². The van der Waals surface area contributed by atoms with Crippen molar-refractivity contribution in [1.29, 1.82) is 0 Å². The molecule has 0 atom stereocenters. The van der Waals surface area contributed by atoms with Crippen LogP contribution < -0.4 is 10.1 Å². The Hall–Kier alpha value is -3.74. The monoisotopic (exact) mass is 387 g/mol. The lowest BCUT2D eigenvalue weighted by molar-refractivity contribution is -0.123. The molecule has 7 nitrogen and oxygen atoms in total. The van der Waals surface area contributed by atoms with Crippen LogP contribution in [0.15, 0.2) is 61.1 Å². The predicted molar refractivity (Wildman–Crippen MR) is 110 cm³/mol. The number of ether oxygens (including phenoxy) is 1. The number of hydrogen-bond acceptors (Lipinski definition) is 5. The molecule has 0 spiro atoms. The van der Waals surface area contributed by atoms with Crippen molar-refractivity contribution in [2.75, 3.05) is 6.61 Å². The summed E-state index contributed by atoms with van der Waals surface area (Å²) in [6.07, 6.45) is 3.07. The van der Waals surface area contributed by atoms with E-state index >= 15 is 0 Å². The summed E-state index contributed by atoms with van der Waals surface area (Å²) in [4.78, 5) is 20.6. The number of carbonyl (C=O) groups excluding carboxylic acids is 1. The molecule has 1 N–H and O–H groups in total. The van der Waals surface area contributed by atoms with Gasteiger partial charge in [0.05, 0.1) is 11.9 Å². The molecule has 1 amide bonds. The third-order valence-electron chi connectivity index (χ3n) is 4.45. The summed E-state index contributed by atoms with van der Waals surface area (Å²) in [5.41, 5.74) is 4.86. The average molecular weight is 387 g/mol. The van der Waals surface area contributed by atoms with Crippen molar-refractivity contribution in [3.8, 4) is 11.6 Å². The van der Waals surface area contributed by atoms with Gasteiger partial charge in [-0.05, 0) is 42.7 Å². The zero-order valence-electron chi connectivity index (χ0n) is 16.3. The van der Waals surface area contributed by atoms with E-state index in [4.69, 9.17) is 4.74 Å². The van der Waals surface area contributed by atoms with E-state index in [9.17, 15) is 4.79 Å². The normalized spacial score (nSPS) is 10.8. The summed E-state index contributed by atoms with van der Waals surface area (Å²) < 4.78 is 7.40. The molecular weight excluding hydrogens is 366 g/mol. The van der Waals surface area contributed by atoms with Crippen LogP contribution in [-0.2, 0) is 11.3 Å². The standard InChI is InChI=1S/C22H21N5O2/c1-15-8-16(2)10-18(9-15)27-21-19(12-26-27)22(25-14-24-21)29-13-20(28)23-11-17-6-4-3-5-7-17/h3-10,12,14H,11,13H2,1-2H3,(H,23,28). The highest BCUT2D eigenvalue weighted by Crippen LogP contribution is 2.24. The molecule has 2 aromatic carbocycles. The zero-order valence-corrected chi connectivity index (χ0v) is 16.3. The number of rotatable bonds is 6. The molecule has 7 heteroatoms. The van der Waals surface area contributed by atoms with Crippen LogP contribution in [0.4, 0.5) is 0 Å². The minimum absolute atomic E-state index is 0.131. The topological polar surface area (TPSA) is 81.9 Å². The molecule has 0 saturated carbocycles. The van der Waals surface area contributed by atoms with E-state index in [0.717, 1.165) is 22.4 Å². The Morgan fingerprint density at radius 3 is 2.59 bits per heavy atom. The number of amides is 1. The van der Waals surface area contributed by atoms with E-state index in [-0.39, 0.29) is 12.5 Å². The second-order valence-electron chi connectivity index (χ2n) is 6.87. The van der Waals surface area contributed by atoms with Gasteiger partial charge in [0.15, 0.2) is 12.3 Å². The molecule has 0 bridgehead atoms. The molecule has 146 valence electrons. The van der Waals surface area contributed by atoms with Crippen molar-refractivity contribution in [2.45, 2.75) is 20.4 Å². The molecule has 0 fully saturated rings. The number of fused-ring (bicyclic) bond motifs is 1. The second-order valence-corrected chi connectivity index (χ2v) is 6.87. The summed E-state index contributed by atoms with van der Waals surface area (Å²) in [6.45, 7) is 4.40. The van der Waals surface area contributed by atoms with Crippen molar-refractivity contribution < 1.29 is 9.53 Å². The van der Waals surface area contributed by atoms with E-state index in [1.165, 1.54) is 6.33 Å². The molecule has 2 aromatic heterocycles. The SMILES string of the molecule is Cc1cc(C)cc(-n2ncc3c(OCC(=O)NCc4ccccc4)ncnc32)c1.